The van der Waals surface area contributed by atoms with Crippen LogP contribution >= 0.6 is 0 Å². The summed E-state index contributed by atoms with van der Waals surface area (Å²) < 4.78 is 4.84. The zero-order valence-electron chi connectivity index (χ0n) is 13.5. The molecule has 0 radical (unpaired) electrons. The zero-order valence-corrected chi connectivity index (χ0v) is 13.5. The molecule has 1 heterocycles. The SMILES string of the molecule is COC(=O)C1(C)CC(C)(O)CN1C(=O)Cc1ccccc1C. The van der Waals surface area contributed by atoms with Gasteiger partial charge in [0.2, 0.25) is 5.91 Å². The molecular weight excluding hydrogens is 282 g/mol. The molecule has 0 saturated carbocycles. The summed E-state index contributed by atoms with van der Waals surface area (Å²) >= 11 is 0. The number of ether oxygens (including phenoxy) is 1. The van der Waals surface area contributed by atoms with Crippen molar-refractivity contribution in [3.05, 3.63) is 35.4 Å². The van der Waals surface area contributed by atoms with E-state index in [9.17, 15) is 14.7 Å². The van der Waals surface area contributed by atoms with E-state index in [4.69, 9.17) is 4.74 Å². The Bertz CT molecular complexity index is 596. The molecule has 2 unspecified atom stereocenters. The molecule has 5 heteroatoms. The lowest BCUT2D eigenvalue weighted by molar-refractivity contribution is -0.158. The van der Waals surface area contributed by atoms with Gasteiger partial charge in [-0.15, -0.1) is 0 Å². The molecule has 1 N–H and O–H groups in total. The minimum absolute atomic E-state index is 0.128. The first-order chi connectivity index (χ1) is 10.2. The molecule has 0 aliphatic carbocycles. The summed E-state index contributed by atoms with van der Waals surface area (Å²) in [4.78, 5) is 26.3. The molecule has 1 amide bonds. The number of amides is 1. The van der Waals surface area contributed by atoms with Crippen LogP contribution in [0.15, 0.2) is 24.3 Å². The van der Waals surface area contributed by atoms with Crippen molar-refractivity contribution in [2.24, 2.45) is 0 Å². The Balaban J connectivity index is 2.27. The van der Waals surface area contributed by atoms with E-state index in [0.717, 1.165) is 11.1 Å². The molecule has 22 heavy (non-hydrogen) atoms. The molecule has 1 aliphatic heterocycles. The second-order valence-electron chi connectivity index (χ2n) is 6.52. The molecule has 5 nitrogen and oxygen atoms in total. The molecule has 0 spiro atoms. The Morgan fingerprint density at radius 3 is 2.55 bits per heavy atom. The van der Waals surface area contributed by atoms with Crippen LogP contribution in [0.1, 0.15) is 31.4 Å². The zero-order chi connectivity index (χ0) is 16.5. The van der Waals surface area contributed by atoms with Gasteiger partial charge in [-0.05, 0) is 31.9 Å². The van der Waals surface area contributed by atoms with Crippen molar-refractivity contribution in [3.63, 3.8) is 0 Å². The lowest BCUT2D eigenvalue weighted by atomic mass is 9.92. The van der Waals surface area contributed by atoms with Crippen LogP contribution in [-0.4, -0.2) is 46.7 Å². The third kappa shape index (κ3) is 2.99. The van der Waals surface area contributed by atoms with Crippen LogP contribution in [0.5, 0.6) is 0 Å². The highest BCUT2D eigenvalue weighted by Gasteiger charge is 2.54. The van der Waals surface area contributed by atoms with Crippen molar-refractivity contribution in [2.75, 3.05) is 13.7 Å². The van der Waals surface area contributed by atoms with E-state index < -0.39 is 17.1 Å². The number of benzene rings is 1. The van der Waals surface area contributed by atoms with Gasteiger partial charge in [0.25, 0.3) is 0 Å². The fourth-order valence-electron chi connectivity index (χ4n) is 3.24. The van der Waals surface area contributed by atoms with Crippen LogP contribution in [0.2, 0.25) is 0 Å². The van der Waals surface area contributed by atoms with Gasteiger partial charge >= 0.3 is 5.97 Å². The molecule has 120 valence electrons. The Kier molecular flexibility index (Phi) is 4.29. The molecule has 0 aromatic heterocycles. The Labute approximate surface area is 130 Å². The van der Waals surface area contributed by atoms with Crippen LogP contribution < -0.4 is 0 Å². The Morgan fingerprint density at radius 2 is 1.95 bits per heavy atom. The van der Waals surface area contributed by atoms with Gasteiger partial charge in [0.05, 0.1) is 25.7 Å². The molecule has 1 saturated heterocycles. The fraction of sp³-hybridized carbons (Fsp3) is 0.529. The number of likely N-dealkylation sites (tertiary alicyclic amines) is 1. The fourth-order valence-corrected chi connectivity index (χ4v) is 3.24. The predicted molar refractivity (Wildman–Crippen MR) is 82.3 cm³/mol. The minimum atomic E-state index is -1.13. The number of carbonyl (C=O) groups is 2. The number of esters is 1. The van der Waals surface area contributed by atoms with Crippen LogP contribution in [0.25, 0.3) is 0 Å². The lowest BCUT2D eigenvalue weighted by Crippen LogP contribution is -2.51. The molecule has 1 aliphatic rings. The molecule has 1 aromatic rings. The van der Waals surface area contributed by atoms with Crippen molar-refractivity contribution < 1.29 is 19.4 Å². The first-order valence-corrected chi connectivity index (χ1v) is 7.35. The summed E-state index contributed by atoms with van der Waals surface area (Å²) in [7, 11) is 1.30. The lowest BCUT2D eigenvalue weighted by Gasteiger charge is -2.32. The smallest absolute Gasteiger partial charge is 0.331 e. The van der Waals surface area contributed by atoms with Crippen LogP contribution in [0.3, 0.4) is 0 Å². The topological polar surface area (TPSA) is 66.8 Å². The van der Waals surface area contributed by atoms with E-state index in [1.54, 1.807) is 13.8 Å². The maximum atomic E-state index is 12.7. The molecular formula is C17H23NO4. The highest BCUT2D eigenvalue weighted by atomic mass is 16.5. The van der Waals surface area contributed by atoms with E-state index in [1.165, 1.54) is 12.0 Å². The van der Waals surface area contributed by atoms with Crippen molar-refractivity contribution in [1.82, 2.24) is 4.90 Å². The molecule has 2 atom stereocenters. The maximum Gasteiger partial charge on any atom is 0.331 e. The highest BCUT2D eigenvalue weighted by molar-refractivity contribution is 5.89. The van der Waals surface area contributed by atoms with Crippen molar-refractivity contribution >= 4 is 11.9 Å². The summed E-state index contributed by atoms with van der Waals surface area (Å²) in [5.41, 5.74) is -0.268. The Morgan fingerprint density at radius 1 is 1.32 bits per heavy atom. The van der Waals surface area contributed by atoms with Crippen LogP contribution in [0, 0.1) is 6.92 Å². The maximum absolute atomic E-state index is 12.7. The average molecular weight is 305 g/mol. The van der Waals surface area contributed by atoms with E-state index in [1.807, 2.05) is 31.2 Å². The monoisotopic (exact) mass is 305 g/mol. The van der Waals surface area contributed by atoms with Gasteiger partial charge in [0.15, 0.2) is 0 Å². The second kappa shape index (κ2) is 5.72. The normalized spacial score (nSPS) is 27.8. The Hall–Kier alpha value is -1.88. The number of hydrogen-bond acceptors (Lipinski definition) is 4. The number of rotatable bonds is 3. The highest BCUT2D eigenvalue weighted by Crippen LogP contribution is 2.37. The summed E-state index contributed by atoms with van der Waals surface area (Å²) in [6.45, 7) is 5.36. The van der Waals surface area contributed by atoms with E-state index >= 15 is 0 Å². The number of methoxy groups -OCH3 is 1. The van der Waals surface area contributed by atoms with Gasteiger partial charge in [-0.1, -0.05) is 24.3 Å². The van der Waals surface area contributed by atoms with Crippen LogP contribution in [-0.2, 0) is 20.7 Å². The van der Waals surface area contributed by atoms with E-state index in [0.29, 0.717) is 0 Å². The largest absolute Gasteiger partial charge is 0.467 e. The van der Waals surface area contributed by atoms with Gasteiger partial charge in [-0.25, -0.2) is 4.79 Å². The van der Waals surface area contributed by atoms with Gasteiger partial charge < -0.3 is 14.7 Å². The first kappa shape index (κ1) is 16.5. The number of aryl methyl sites for hydroxylation is 1. The predicted octanol–water partition coefficient (Wildman–Crippen LogP) is 1.45. The average Bonchev–Trinajstić information content (AvgIpc) is 2.71. The molecule has 2 rings (SSSR count). The number of aliphatic hydroxyl groups is 1. The van der Waals surface area contributed by atoms with Crippen molar-refractivity contribution in [1.29, 1.82) is 0 Å². The summed E-state index contributed by atoms with van der Waals surface area (Å²) in [6.07, 6.45) is 0.377. The van der Waals surface area contributed by atoms with Gasteiger partial charge in [0, 0.05) is 6.42 Å². The summed E-state index contributed by atoms with van der Waals surface area (Å²) in [6, 6.07) is 7.65. The summed E-state index contributed by atoms with van der Waals surface area (Å²) in [5, 5.41) is 10.3. The minimum Gasteiger partial charge on any atom is -0.467 e. The summed E-state index contributed by atoms with van der Waals surface area (Å²) in [5.74, 6) is -0.677. The first-order valence-electron chi connectivity index (χ1n) is 7.35. The van der Waals surface area contributed by atoms with Gasteiger partial charge in [-0.3, -0.25) is 4.79 Å². The second-order valence-corrected chi connectivity index (χ2v) is 6.52. The number of carbonyl (C=O) groups excluding carboxylic acids is 2. The van der Waals surface area contributed by atoms with Crippen LogP contribution in [0.4, 0.5) is 0 Å². The standard InChI is InChI=1S/C17H23NO4/c1-12-7-5-6-8-13(12)9-14(19)18-11-16(2,21)10-17(18,3)15(20)22-4/h5-8,21H,9-11H2,1-4H3. The van der Waals surface area contributed by atoms with Gasteiger partial charge in [0.1, 0.15) is 5.54 Å². The van der Waals surface area contributed by atoms with Crippen molar-refractivity contribution in [3.8, 4) is 0 Å². The number of nitrogens with zero attached hydrogens (tertiary/aromatic N) is 1. The number of hydrogen-bond donors (Lipinski definition) is 1. The van der Waals surface area contributed by atoms with E-state index in [-0.39, 0.29) is 25.3 Å². The molecule has 1 aromatic carbocycles. The van der Waals surface area contributed by atoms with Crippen molar-refractivity contribution in [2.45, 2.75) is 44.8 Å². The molecule has 0 bridgehead atoms. The number of β-amino-alcohol motifs (C(OH)–C–C–N with tert-alkyl or cyclic N) is 1. The van der Waals surface area contributed by atoms with E-state index in [2.05, 4.69) is 0 Å². The molecule has 1 fully saturated rings. The quantitative estimate of drug-likeness (QED) is 0.858. The third-order valence-electron chi connectivity index (χ3n) is 4.35. The van der Waals surface area contributed by atoms with Gasteiger partial charge in [-0.2, -0.15) is 0 Å². The third-order valence-corrected chi connectivity index (χ3v) is 4.35.